The Morgan fingerprint density at radius 2 is 1.92 bits per heavy atom. The van der Waals surface area contributed by atoms with E-state index in [2.05, 4.69) is 20.8 Å². The first-order chi connectivity index (χ1) is 5.71. The second-order valence-corrected chi connectivity index (χ2v) is 3.53. The van der Waals surface area contributed by atoms with Gasteiger partial charge in [-0.25, -0.2) is 0 Å². The van der Waals surface area contributed by atoms with E-state index in [-0.39, 0.29) is 5.60 Å². The van der Waals surface area contributed by atoms with Gasteiger partial charge in [0.2, 0.25) is 0 Å². The van der Waals surface area contributed by atoms with Crippen molar-refractivity contribution in [3.05, 3.63) is 0 Å². The van der Waals surface area contributed by atoms with Crippen molar-refractivity contribution < 1.29 is 4.74 Å². The molecule has 1 unspecified atom stereocenters. The van der Waals surface area contributed by atoms with Crippen molar-refractivity contribution in [3.63, 3.8) is 0 Å². The molecule has 12 heavy (non-hydrogen) atoms. The Balaban J connectivity index is 0.000000561. The number of hydrogen-bond acceptors (Lipinski definition) is 1. The zero-order valence-electron chi connectivity index (χ0n) is 9.31. The molecule has 0 aromatic rings. The molecule has 0 spiro atoms. The molecule has 0 N–H and O–H groups in total. The number of rotatable bonds is 2. The van der Waals surface area contributed by atoms with Crippen molar-refractivity contribution in [1.82, 2.24) is 0 Å². The van der Waals surface area contributed by atoms with Crippen LogP contribution in [0.15, 0.2) is 0 Å². The quantitative estimate of drug-likeness (QED) is 0.618. The van der Waals surface area contributed by atoms with Gasteiger partial charge >= 0.3 is 0 Å². The van der Waals surface area contributed by atoms with Crippen molar-refractivity contribution in [1.29, 1.82) is 0 Å². The van der Waals surface area contributed by atoms with E-state index in [0.29, 0.717) is 5.92 Å². The number of ether oxygens (including phenoxy) is 1. The normalized spacial score (nSPS) is 28.5. The molecule has 0 aliphatic carbocycles. The van der Waals surface area contributed by atoms with Crippen molar-refractivity contribution >= 4 is 0 Å². The molecule has 0 aromatic heterocycles. The van der Waals surface area contributed by atoms with E-state index < -0.39 is 0 Å². The van der Waals surface area contributed by atoms with Gasteiger partial charge in [0, 0.05) is 6.61 Å². The molecule has 0 amide bonds. The first-order valence-electron chi connectivity index (χ1n) is 5.35. The summed E-state index contributed by atoms with van der Waals surface area (Å²) in [7, 11) is 0. The molecule has 1 nitrogen and oxygen atoms in total. The standard InChI is InChI=1S/C9H18O.C2H6/c1-4-9(8(2)3)6-5-7-10-9;1-2/h8H,4-7H2,1-3H3;1-2H3. The predicted molar refractivity (Wildman–Crippen MR) is 54.4 cm³/mol. The minimum Gasteiger partial charge on any atom is -0.375 e. The molecule has 0 bridgehead atoms. The molecule has 0 saturated carbocycles. The van der Waals surface area contributed by atoms with Gasteiger partial charge in [0.15, 0.2) is 0 Å². The molecule has 0 aromatic carbocycles. The van der Waals surface area contributed by atoms with Crippen LogP contribution < -0.4 is 0 Å². The molecule has 1 heterocycles. The fourth-order valence-electron chi connectivity index (χ4n) is 1.86. The summed E-state index contributed by atoms with van der Waals surface area (Å²) in [6.45, 7) is 11.7. The second-order valence-electron chi connectivity index (χ2n) is 3.53. The predicted octanol–water partition coefficient (Wildman–Crippen LogP) is 3.63. The lowest BCUT2D eigenvalue weighted by molar-refractivity contribution is -0.0357. The molecule has 1 heteroatoms. The highest BCUT2D eigenvalue weighted by molar-refractivity contribution is 4.86. The number of hydrogen-bond donors (Lipinski definition) is 0. The van der Waals surface area contributed by atoms with Crippen molar-refractivity contribution in [3.8, 4) is 0 Å². The Labute approximate surface area is 77.5 Å². The highest BCUT2D eigenvalue weighted by atomic mass is 16.5. The Morgan fingerprint density at radius 1 is 1.33 bits per heavy atom. The summed E-state index contributed by atoms with van der Waals surface area (Å²) in [4.78, 5) is 0. The fraction of sp³-hybridized carbons (Fsp3) is 1.00. The van der Waals surface area contributed by atoms with E-state index in [4.69, 9.17) is 4.74 Å². The molecular weight excluding hydrogens is 148 g/mol. The monoisotopic (exact) mass is 172 g/mol. The Hall–Kier alpha value is -0.0400. The average molecular weight is 172 g/mol. The van der Waals surface area contributed by atoms with Crippen LogP contribution >= 0.6 is 0 Å². The average Bonchev–Trinajstić information content (AvgIpc) is 2.57. The fourth-order valence-corrected chi connectivity index (χ4v) is 1.86. The summed E-state index contributed by atoms with van der Waals surface area (Å²) in [6, 6.07) is 0. The van der Waals surface area contributed by atoms with E-state index in [1.165, 1.54) is 19.3 Å². The van der Waals surface area contributed by atoms with Crippen LogP contribution in [-0.4, -0.2) is 12.2 Å². The van der Waals surface area contributed by atoms with Gasteiger partial charge < -0.3 is 4.74 Å². The lowest BCUT2D eigenvalue weighted by Gasteiger charge is -2.31. The van der Waals surface area contributed by atoms with Gasteiger partial charge in [-0.15, -0.1) is 0 Å². The summed E-state index contributed by atoms with van der Waals surface area (Å²) in [5.74, 6) is 0.681. The van der Waals surface area contributed by atoms with Gasteiger partial charge in [-0.1, -0.05) is 34.6 Å². The van der Waals surface area contributed by atoms with Crippen molar-refractivity contribution in [2.24, 2.45) is 5.92 Å². The maximum Gasteiger partial charge on any atom is 0.0703 e. The zero-order valence-corrected chi connectivity index (χ0v) is 9.31. The van der Waals surface area contributed by atoms with Gasteiger partial charge in [0.25, 0.3) is 0 Å². The van der Waals surface area contributed by atoms with Crippen LogP contribution in [0, 0.1) is 5.92 Å². The van der Waals surface area contributed by atoms with Gasteiger partial charge in [0.1, 0.15) is 0 Å². The summed E-state index contributed by atoms with van der Waals surface area (Å²) in [5, 5.41) is 0. The third-order valence-corrected chi connectivity index (χ3v) is 2.78. The molecular formula is C11H24O. The third kappa shape index (κ3) is 2.48. The van der Waals surface area contributed by atoms with E-state index in [0.717, 1.165) is 6.61 Å². The van der Waals surface area contributed by atoms with Gasteiger partial charge in [-0.05, 0) is 25.2 Å². The first-order valence-corrected chi connectivity index (χ1v) is 5.35. The van der Waals surface area contributed by atoms with Crippen LogP contribution in [0.5, 0.6) is 0 Å². The van der Waals surface area contributed by atoms with Crippen LogP contribution in [0.3, 0.4) is 0 Å². The maximum atomic E-state index is 5.75. The summed E-state index contributed by atoms with van der Waals surface area (Å²) in [5.41, 5.74) is 0.236. The molecule has 1 saturated heterocycles. The van der Waals surface area contributed by atoms with Crippen molar-refractivity contribution in [2.75, 3.05) is 6.61 Å². The SMILES string of the molecule is CC.CCC1(C(C)C)CCCO1. The molecule has 0 radical (unpaired) electrons. The van der Waals surface area contributed by atoms with Crippen LogP contribution in [-0.2, 0) is 4.74 Å². The molecule has 1 atom stereocenters. The van der Waals surface area contributed by atoms with E-state index in [9.17, 15) is 0 Å². The van der Waals surface area contributed by atoms with Crippen LogP contribution in [0.25, 0.3) is 0 Å². The smallest absolute Gasteiger partial charge is 0.0703 e. The summed E-state index contributed by atoms with van der Waals surface area (Å²) < 4.78 is 5.75. The Bertz CT molecular complexity index is 102. The lowest BCUT2D eigenvalue weighted by atomic mass is 9.85. The van der Waals surface area contributed by atoms with Gasteiger partial charge in [-0.2, -0.15) is 0 Å². The largest absolute Gasteiger partial charge is 0.375 e. The van der Waals surface area contributed by atoms with Crippen LogP contribution in [0.2, 0.25) is 0 Å². The zero-order chi connectivity index (χ0) is 9.61. The highest BCUT2D eigenvalue weighted by Crippen LogP contribution is 2.35. The molecule has 74 valence electrons. The summed E-state index contributed by atoms with van der Waals surface area (Å²) >= 11 is 0. The minimum absolute atomic E-state index is 0.236. The molecule has 1 rings (SSSR count). The summed E-state index contributed by atoms with van der Waals surface area (Å²) in [6.07, 6.45) is 3.69. The van der Waals surface area contributed by atoms with Crippen LogP contribution in [0.1, 0.15) is 53.9 Å². The van der Waals surface area contributed by atoms with E-state index in [1.807, 2.05) is 13.8 Å². The van der Waals surface area contributed by atoms with Crippen LogP contribution in [0.4, 0.5) is 0 Å². The van der Waals surface area contributed by atoms with E-state index >= 15 is 0 Å². The van der Waals surface area contributed by atoms with E-state index in [1.54, 1.807) is 0 Å². The van der Waals surface area contributed by atoms with Gasteiger partial charge in [-0.3, -0.25) is 0 Å². The highest BCUT2D eigenvalue weighted by Gasteiger charge is 2.35. The molecule has 1 fully saturated rings. The molecule has 1 aliphatic heterocycles. The topological polar surface area (TPSA) is 9.23 Å². The third-order valence-electron chi connectivity index (χ3n) is 2.78. The lowest BCUT2D eigenvalue weighted by Crippen LogP contribution is -2.33. The Morgan fingerprint density at radius 3 is 2.08 bits per heavy atom. The minimum atomic E-state index is 0.236. The maximum absolute atomic E-state index is 5.75. The molecule has 1 aliphatic rings. The first kappa shape index (κ1) is 12.0. The second kappa shape index (κ2) is 5.58. The van der Waals surface area contributed by atoms with Gasteiger partial charge in [0.05, 0.1) is 5.60 Å². The van der Waals surface area contributed by atoms with Crippen molar-refractivity contribution in [2.45, 2.75) is 59.5 Å². The Kier molecular flexibility index (Phi) is 5.56.